The molecule has 1 aromatic carbocycles. The van der Waals surface area contributed by atoms with Gasteiger partial charge in [0.1, 0.15) is 0 Å². The van der Waals surface area contributed by atoms with Gasteiger partial charge in [-0.15, -0.1) is 0 Å². The molecule has 0 bridgehead atoms. The van der Waals surface area contributed by atoms with Gasteiger partial charge in [0.2, 0.25) is 5.91 Å². The number of nitrogens with one attached hydrogen (secondary N) is 2. The number of aliphatic carboxylic acids is 1. The molecular weight excluding hydrogens is 310 g/mol. The standard InChI is InChI=1S/C17H21N3O4/c21-15(11-3-1-4-12(9-11)16(22)23)19-13-5-2-6-14(10-13)20-8-7-18-17(20)24/h2,5-6,10-12H,1,3-4,7-9H2,(H,18,24)(H,19,21)(H,22,23). The first-order valence-electron chi connectivity index (χ1n) is 8.23. The Morgan fingerprint density at radius 2 is 2.04 bits per heavy atom. The van der Waals surface area contributed by atoms with Crippen LogP contribution in [0.25, 0.3) is 0 Å². The van der Waals surface area contributed by atoms with Gasteiger partial charge in [0.25, 0.3) is 0 Å². The summed E-state index contributed by atoms with van der Waals surface area (Å²) in [6.07, 6.45) is 2.49. The van der Waals surface area contributed by atoms with Gasteiger partial charge in [-0.05, 0) is 37.5 Å². The summed E-state index contributed by atoms with van der Waals surface area (Å²) in [6.45, 7) is 1.20. The molecule has 3 amide bonds. The highest BCUT2D eigenvalue weighted by molar-refractivity contribution is 5.96. The summed E-state index contributed by atoms with van der Waals surface area (Å²) >= 11 is 0. The average Bonchev–Trinajstić information content (AvgIpc) is 3.01. The molecular formula is C17H21N3O4. The third-order valence-corrected chi connectivity index (χ3v) is 4.68. The zero-order valence-corrected chi connectivity index (χ0v) is 13.3. The molecule has 2 atom stereocenters. The van der Waals surface area contributed by atoms with Gasteiger partial charge in [-0.1, -0.05) is 12.5 Å². The zero-order valence-electron chi connectivity index (χ0n) is 13.3. The van der Waals surface area contributed by atoms with Gasteiger partial charge < -0.3 is 15.7 Å². The quantitative estimate of drug-likeness (QED) is 0.786. The number of nitrogens with zero attached hydrogens (tertiary/aromatic N) is 1. The molecule has 2 fully saturated rings. The lowest BCUT2D eigenvalue weighted by atomic mass is 9.81. The van der Waals surface area contributed by atoms with Crippen LogP contribution in [-0.4, -0.2) is 36.1 Å². The first kappa shape index (κ1) is 16.3. The van der Waals surface area contributed by atoms with E-state index in [1.54, 1.807) is 23.1 Å². The van der Waals surface area contributed by atoms with Crippen molar-refractivity contribution in [1.82, 2.24) is 5.32 Å². The van der Waals surface area contributed by atoms with E-state index < -0.39 is 11.9 Å². The predicted molar refractivity (Wildman–Crippen MR) is 88.9 cm³/mol. The van der Waals surface area contributed by atoms with E-state index >= 15 is 0 Å². The maximum atomic E-state index is 12.4. The number of rotatable bonds is 4. The summed E-state index contributed by atoms with van der Waals surface area (Å²) in [5.74, 6) is -1.69. The zero-order chi connectivity index (χ0) is 17.1. The summed E-state index contributed by atoms with van der Waals surface area (Å²) in [5, 5.41) is 14.7. The average molecular weight is 331 g/mol. The highest BCUT2D eigenvalue weighted by atomic mass is 16.4. The lowest BCUT2D eigenvalue weighted by Crippen LogP contribution is -2.31. The number of carboxylic acid groups (broad SMARTS) is 1. The van der Waals surface area contributed by atoms with Crippen molar-refractivity contribution in [3.05, 3.63) is 24.3 Å². The van der Waals surface area contributed by atoms with Gasteiger partial charge in [-0.3, -0.25) is 14.5 Å². The number of carbonyl (C=O) groups excluding carboxylic acids is 2. The van der Waals surface area contributed by atoms with E-state index in [-0.39, 0.29) is 17.9 Å². The molecule has 1 aromatic rings. The van der Waals surface area contributed by atoms with E-state index in [1.165, 1.54) is 0 Å². The van der Waals surface area contributed by atoms with Gasteiger partial charge in [0.05, 0.1) is 5.92 Å². The topological polar surface area (TPSA) is 98.7 Å². The van der Waals surface area contributed by atoms with Gasteiger partial charge in [-0.2, -0.15) is 0 Å². The van der Waals surface area contributed by atoms with Crippen LogP contribution in [0.2, 0.25) is 0 Å². The third-order valence-electron chi connectivity index (χ3n) is 4.68. The Labute approximate surface area is 140 Å². The molecule has 7 nitrogen and oxygen atoms in total. The van der Waals surface area contributed by atoms with Crippen molar-refractivity contribution in [2.75, 3.05) is 23.3 Å². The Kier molecular flexibility index (Phi) is 4.69. The number of hydrogen-bond acceptors (Lipinski definition) is 3. The van der Waals surface area contributed by atoms with Crippen molar-refractivity contribution in [2.45, 2.75) is 25.7 Å². The number of benzene rings is 1. The maximum absolute atomic E-state index is 12.4. The first-order valence-corrected chi connectivity index (χ1v) is 8.23. The molecule has 1 saturated carbocycles. The molecule has 1 saturated heterocycles. The summed E-state index contributed by atoms with van der Waals surface area (Å²) in [4.78, 5) is 36.9. The van der Waals surface area contributed by atoms with Gasteiger partial charge >= 0.3 is 12.0 Å². The third kappa shape index (κ3) is 3.50. The molecule has 7 heteroatoms. The summed E-state index contributed by atoms with van der Waals surface area (Å²) in [7, 11) is 0. The minimum atomic E-state index is -0.824. The second-order valence-corrected chi connectivity index (χ2v) is 6.32. The molecule has 0 aromatic heterocycles. The number of anilines is 2. The van der Waals surface area contributed by atoms with Crippen LogP contribution in [-0.2, 0) is 9.59 Å². The number of carbonyl (C=O) groups is 3. The summed E-state index contributed by atoms with van der Waals surface area (Å²) in [6, 6.07) is 7.00. The molecule has 3 rings (SSSR count). The SMILES string of the molecule is O=C(O)C1CCCC(C(=O)Nc2cccc(N3CCNC3=O)c2)C1. The van der Waals surface area contributed by atoms with Crippen molar-refractivity contribution in [2.24, 2.45) is 11.8 Å². The Balaban J connectivity index is 1.66. The van der Waals surface area contributed by atoms with E-state index in [9.17, 15) is 14.4 Å². The summed E-state index contributed by atoms with van der Waals surface area (Å²) < 4.78 is 0. The number of hydrogen-bond donors (Lipinski definition) is 3. The molecule has 2 aliphatic rings. The van der Waals surface area contributed by atoms with Crippen LogP contribution in [0.1, 0.15) is 25.7 Å². The van der Waals surface area contributed by atoms with Crippen LogP contribution in [0, 0.1) is 11.8 Å². The Hall–Kier alpha value is -2.57. The van der Waals surface area contributed by atoms with Crippen molar-refractivity contribution in [3.63, 3.8) is 0 Å². The van der Waals surface area contributed by atoms with E-state index in [2.05, 4.69) is 10.6 Å². The van der Waals surface area contributed by atoms with Crippen LogP contribution < -0.4 is 15.5 Å². The fourth-order valence-corrected chi connectivity index (χ4v) is 3.37. The highest BCUT2D eigenvalue weighted by Gasteiger charge is 2.31. The van der Waals surface area contributed by atoms with Gasteiger partial charge in [0.15, 0.2) is 0 Å². The highest BCUT2D eigenvalue weighted by Crippen LogP contribution is 2.30. The van der Waals surface area contributed by atoms with Crippen LogP contribution >= 0.6 is 0 Å². The number of urea groups is 1. The van der Waals surface area contributed by atoms with E-state index in [0.29, 0.717) is 38.0 Å². The van der Waals surface area contributed by atoms with Crippen LogP contribution in [0.15, 0.2) is 24.3 Å². The van der Waals surface area contributed by atoms with E-state index in [0.717, 1.165) is 12.1 Å². The molecule has 0 radical (unpaired) electrons. The minimum Gasteiger partial charge on any atom is -0.481 e. The fraction of sp³-hybridized carbons (Fsp3) is 0.471. The Morgan fingerprint density at radius 3 is 2.75 bits per heavy atom. The second-order valence-electron chi connectivity index (χ2n) is 6.32. The lowest BCUT2D eigenvalue weighted by Gasteiger charge is -2.25. The molecule has 128 valence electrons. The Morgan fingerprint density at radius 1 is 1.25 bits per heavy atom. The monoisotopic (exact) mass is 331 g/mol. The first-order chi connectivity index (χ1) is 11.5. The van der Waals surface area contributed by atoms with Crippen molar-refractivity contribution < 1.29 is 19.5 Å². The van der Waals surface area contributed by atoms with Gasteiger partial charge in [0, 0.05) is 30.4 Å². The molecule has 3 N–H and O–H groups in total. The van der Waals surface area contributed by atoms with Crippen LogP contribution in [0.5, 0.6) is 0 Å². The van der Waals surface area contributed by atoms with Crippen molar-refractivity contribution in [1.29, 1.82) is 0 Å². The maximum Gasteiger partial charge on any atom is 0.321 e. The minimum absolute atomic E-state index is 0.143. The normalized spacial score (nSPS) is 23.7. The van der Waals surface area contributed by atoms with Crippen LogP contribution in [0.4, 0.5) is 16.2 Å². The molecule has 24 heavy (non-hydrogen) atoms. The molecule has 1 heterocycles. The Bertz CT molecular complexity index is 661. The van der Waals surface area contributed by atoms with E-state index in [4.69, 9.17) is 5.11 Å². The van der Waals surface area contributed by atoms with Crippen LogP contribution in [0.3, 0.4) is 0 Å². The van der Waals surface area contributed by atoms with Gasteiger partial charge in [-0.25, -0.2) is 4.79 Å². The lowest BCUT2D eigenvalue weighted by molar-refractivity contribution is -0.143. The van der Waals surface area contributed by atoms with Crippen molar-refractivity contribution >= 4 is 29.3 Å². The molecule has 1 aliphatic carbocycles. The fourth-order valence-electron chi connectivity index (χ4n) is 3.37. The van der Waals surface area contributed by atoms with E-state index in [1.807, 2.05) is 6.07 Å². The predicted octanol–water partition coefficient (Wildman–Crippen LogP) is 2.05. The largest absolute Gasteiger partial charge is 0.481 e. The molecule has 0 spiro atoms. The second kappa shape index (κ2) is 6.90. The molecule has 2 unspecified atom stereocenters. The van der Waals surface area contributed by atoms with Crippen molar-refractivity contribution in [3.8, 4) is 0 Å². The number of carboxylic acids is 1. The summed E-state index contributed by atoms with van der Waals surface area (Å²) in [5.41, 5.74) is 1.35. The number of amides is 3. The molecule has 1 aliphatic heterocycles. The smallest absolute Gasteiger partial charge is 0.321 e.